The van der Waals surface area contributed by atoms with Gasteiger partial charge < -0.3 is 5.32 Å². The van der Waals surface area contributed by atoms with Crippen LogP contribution in [0.1, 0.15) is 11.3 Å². The lowest BCUT2D eigenvalue weighted by Crippen LogP contribution is -2.24. The van der Waals surface area contributed by atoms with E-state index in [2.05, 4.69) is 15.3 Å². The number of benzene rings is 2. The number of aryl methyl sites for hydroxylation is 2. The number of para-hydroxylation sites is 2. The van der Waals surface area contributed by atoms with Crippen LogP contribution >= 0.6 is 0 Å². The summed E-state index contributed by atoms with van der Waals surface area (Å²) in [5.74, 6) is -1.30. The van der Waals surface area contributed by atoms with Crippen LogP contribution in [0.2, 0.25) is 0 Å². The largest absolute Gasteiger partial charge is 0.325 e. The number of anilines is 1. The highest BCUT2D eigenvalue weighted by atomic mass is 32.2. The molecule has 0 radical (unpaired) electrons. The number of nitrogens with one attached hydrogen (secondary N) is 1. The molecule has 2 aromatic carbocycles. The van der Waals surface area contributed by atoms with E-state index in [0.29, 0.717) is 16.7 Å². The molecule has 7 heteroatoms. The van der Waals surface area contributed by atoms with Crippen LogP contribution in [0, 0.1) is 13.8 Å². The number of carbonyl (C=O) groups excluding carboxylic acids is 1. The predicted molar refractivity (Wildman–Crippen MR) is 96.1 cm³/mol. The Morgan fingerprint density at radius 3 is 2.20 bits per heavy atom. The Morgan fingerprint density at radius 1 is 0.960 bits per heavy atom. The first kappa shape index (κ1) is 17.0. The maximum absolute atomic E-state index is 12.6. The van der Waals surface area contributed by atoms with E-state index >= 15 is 0 Å². The molecule has 1 amide bonds. The van der Waals surface area contributed by atoms with Crippen molar-refractivity contribution in [3.05, 3.63) is 59.8 Å². The van der Waals surface area contributed by atoms with Gasteiger partial charge in [0.1, 0.15) is 5.75 Å². The molecule has 0 unspecified atom stereocenters. The first-order valence-corrected chi connectivity index (χ1v) is 9.33. The van der Waals surface area contributed by atoms with Crippen molar-refractivity contribution in [2.45, 2.75) is 18.9 Å². The number of hydrogen-bond acceptors (Lipinski definition) is 5. The molecule has 128 valence electrons. The zero-order valence-corrected chi connectivity index (χ0v) is 14.7. The maximum Gasteiger partial charge on any atom is 0.240 e. The highest BCUT2D eigenvalue weighted by Crippen LogP contribution is 2.18. The van der Waals surface area contributed by atoms with Gasteiger partial charge in [0.15, 0.2) is 5.03 Å². The molecule has 0 saturated carbocycles. The lowest BCUT2D eigenvalue weighted by Gasteiger charge is -2.09. The summed E-state index contributed by atoms with van der Waals surface area (Å²) in [6.45, 7) is 3.50. The molecule has 0 aliphatic rings. The summed E-state index contributed by atoms with van der Waals surface area (Å²) in [6.07, 6.45) is 0. The number of carbonyl (C=O) groups is 1. The second kappa shape index (κ2) is 6.60. The van der Waals surface area contributed by atoms with Gasteiger partial charge in [0.05, 0.1) is 16.7 Å². The van der Waals surface area contributed by atoms with Gasteiger partial charge in [-0.05, 0) is 38.1 Å². The average molecular weight is 355 g/mol. The molecular formula is C18H17N3O3S. The van der Waals surface area contributed by atoms with Gasteiger partial charge >= 0.3 is 0 Å². The molecule has 0 aliphatic carbocycles. The third-order valence-corrected chi connectivity index (χ3v) is 5.27. The Balaban J connectivity index is 1.85. The molecule has 3 aromatic rings. The van der Waals surface area contributed by atoms with Gasteiger partial charge in [0.25, 0.3) is 0 Å². The Morgan fingerprint density at radius 2 is 1.56 bits per heavy atom. The summed E-state index contributed by atoms with van der Waals surface area (Å²) in [4.78, 5) is 20.6. The number of hydrogen-bond donors (Lipinski definition) is 1. The quantitative estimate of drug-likeness (QED) is 0.777. The normalized spacial score (nSPS) is 11.4. The van der Waals surface area contributed by atoms with Crippen LogP contribution in [0.5, 0.6) is 0 Å². The minimum atomic E-state index is -3.90. The van der Waals surface area contributed by atoms with E-state index in [-0.39, 0.29) is 10.7 Å². The van der Waals surface area contributed by atoms with Crippen molar-refractivity contribution >= 4 is 32.5 Å². The third kappa shape index (κ3) is 3.83. The molecule has 25 heavy (non-hydrogen) atoms. The van der Waals surface area contributed by atoms with E-state index in [4.69, 9.17) is 0 Å². The molecule has 3 rings (SSSR count). The summed E-state index contributed by atoms with van der Waals surface area (Å²) >= 11 is 0. The summed E-state index contributed by atoms with van der Waals surface area (Å²) < 4.78 is 25.2. The standard InChI is InChI=1S/C18H17N3O3S/c1-12-7-9-14(10-8-12)20-17(22)11-25(23,24)18-13(2)19-15-5-3-4-6-16(15)21-18/h3-10H,11H2,1-2H3,(H,20,22). The van der Waals surface area contributed by atoms with Crippen LogP contribution in [0.4, 0.5) is 5.69 Å². The number of nitrogens with zero attached hydrogens (tertiary/aromatic N) is 2. The Kier molecular flexibility index (Phi) is 4.50. The third-order valence-electron chi connectivity index (χ3n) is 3.65. The van der Waals surface area contributed by atoms with Crippen molar-refractivity contribution < 1.29 is 13.2 Å². The lowest BCUT2D eigenvalue weighted by molar-refractivity contribution is -0.113. The van der Waals surface area contributed by atoms with Crippen molar-refractivity contribution in [3.63, 3.8) is 0 Å². The molecule has 1 aromatic heterocycles. The van der Waals surface area contributed by atoms with Gasteiger partial charge in [-0.1, -0.05) is 29.8 Å². The topological polar surface area (TPSA) is 89.0 Å². The van der Waals surface area contributed by atoms with E-state index in [0.717, 1.165) is 5.56 Å². The molecule has 1 N–H and O–H groups in total. The van der Waals surface area contributed by atoms with Crippen LogP contribution in [0.25, 0.3) is 11.0 Å². The molecule has 0 fully saturated rings. The molecule has 0 atom stereocenters. The minimum Gasteiger partial charge on any atom is -0.325 e. The molecular weight excluding hydrogens is 338 g/mol. The fourth-order valence-electron chi connectivity index (χ4n) is 2.44. The van der Waals surface area contributed by atoms with E-state index in [1.165, 1.54) is 0 Å². The van der Waals surface area contributed by atoms with Crippen LogP contribution in [0.3, 0.4) is 0 Å². The number of rotatable bonds is 4. The van der Waals surface area contributed by atoms with E-state index < -0.39 is 21.5 Å². The molecule has 0 spiro atoms. The van der Waals surface area contributed by atoms with Gasteiger partial charge in [-0.25, -0.2) is 18.4 Å². The van der Waals surface area contributed by atoms with Gasteiger partial charge in [0, 0.05) is 5.69 Å². The number of amides is 1. The Hall–Kier alpha value is -2.80. The van der Waals surface area contributed by atoms with Crippen molar-refractivity contribution in [2.24, 2.45) is 0 Å². The van der Waals surface area contributed by atoms with Crippen LogP contribution in [0.15, 0.2) is 53.6 Å². The highest BCUT2D eigenvalue weighted by molar-refractivity contribution is 7.92. The molecule has 0 aliphatic heterocycles. The molecule has 1 heterocycles. The molecule has 6 nitrogen and oxygen atoms in total. The van der Waals surface area contributed by atoms with Crippen molar-refractivity contribution in [1.82, 2.24) is 9.97 Å². The van der Waals surface area contributed by atoms with Crippen molar-refractivity contribution in [3.8, 4) is 0 Å². The monoisotopic (exact) mass is 355 g/mol. The number of sulfone groups is 1. The van der Waals surface area contributed by atoms with Crippen LogP contribution < -0.4 is 5.32 Å². The summed E-state index contributed by atoms with van der Waals surface area (Å²) in [6, 6.07) is 14.1. The Bertz CT molecular complexity index is 1040. The first-order chi connectivity index (χ1) is 11.8. The second-order valence-electron chi connectivity index (χ2n) is 5.78. The van der Waals surface area contributed by atoms with Gasteiger partial charge in [-0.3, -0.25) is 4.79 Å². The summed E-state index contributed by atoms with van der Waals surface area (Å²) in [5, 5.41) is 2.42. The second-order valence-corrected chi connectivity index (χ2v) is 7.68. The van der Waals surface area contributed by atoms with Crippen LogP contribution in [-0.2, 0) is 14.6 Å². The average Bonchev–Trinajstić information content (AvgIpc) is 2.55. The highest BCUT2D eigenvalue weighted by Gasteiger charge is 2.24. The minimum absolute atomic E-state index is 0.162. The van der Waals surface area contributed by atoms with E-state index in [1.807, 2.05) is 19.1 Å². The predicted octanol–water partition coefficient (Wildman–Crippen LogP) is 2.66. The molecule has 0 saturated heterocycles. The molecule has 0 bridgehead atoms. The summed E-state index contributed by atoms with van der Waals surface area (Å²) in [5.41, 5.74) is 2.97. The summed E-state index contributed by atoms with van der Waals surface area (Å²) in [7, 11) is -3.90. The van der Waals surface area contributed by atoms with Gasteiger partial charge in [-0.2, -0.15) is 0 Å². The van der Waals surface area contributed by atoms with E-state index in [9.17, 15) is 13.2 Å². The number of aromatic nitrogens is 2. The fourth-order valence-corrected chi connectivity index (χ4v) is 3.73. The van der Waals surface area contributed by atoms with Crippen molar-refractivity contribution in [2.75, 3.05) is 11.1 Å². The SMILES string of the molecule is Cc1ccc(NC(=O)CS(=O)(=O)c2nc3ccccc3nc2C)cc1. The van der Waals surface area contributed by atoms with E-state index in [1.54, 1.807) is 43.3 Å². The zero-order chi connectivity index (χ0) is 18.0. The van der Waals surface area contributed by atoms with Crippen molar-refractivity contribution in [1.29, 1.82) is 0 Å². The zero-order valence-electron chi connectivity index (χ0n) is 13.9. The Labute approximate surface area is 145 Å². The smallest absolute Gasteiger partial charge is 0.240 e. The fraction of sp³-hybridized carbons (Fsp3) is 0.167. The number of fused-ring (bicyclic) bond motifs is 1. The maximum atomic E-state index is 12.6. The first-order valence-electron chi connectivity index (χ1n) is 7.68. The van der Waals surface area contributed by atoms with Crippen LogP contribution in [-0.4, -0.2) is 30.0 Å². The lowest BCUT2D eigenvalue weighted by atomic mass is 10.2. The van der Waals surface area contributed by atoms with Gasteiger partial charge in [-0.15, -0.1) is 0 Å². The van der Waals surface area contributed by atoms with Gasteiger partial charge in [0.2, 0.25) is 15.7 Å².